The molecule has 0 unspecified atom stereocenters. The lowest BCUT2D eigenvalue weighted by Crippen LogP contribution is -2.45. The van der Waals surface area contributed by atoms with E-state index in [0.717, 1.165) is 57.5 Å². The van der Waals surface area contributed by atoms with Gasteiger partial charge in [0.2, 0.25) is 5.89 Å². The molecule has 6 heteroatoms. The second-order valence-corrected chi connectivity index (χ2v) is 5.01. The Bertz CT molecular complexity index is 368. The zero-order chi connectivity index (χ0) is 11.7. The van der Waals surface area contributed by atoms with Gasteiger partial charge in [0, 0.05) is 32.6 Å². The maximum atomic E-state index is 5.31. The van der Waals surface area contributed by atoms with Crippen LogP contribution in [0.2, 0.25) is 0 Å². The van der Waals surface area contributed by atoms with Gasteiger partial charge in [0.25, 0.3) is 5.95 Å². The Labute approximate surface area is 101 Å². The molecule has 0 spiro atoms. The van der Waals surface area contributed by atoms with Gasteiger partial charge in [0.15, 0.2) is 0 Å². The van der Waals surface area contributed by atoms with Gasteiger partial charge in [-0.2, -0.15) is 4.98 Å². The zero-order valence-electron chi connectivity index (χ0n) is 10.2. The van der Waals surface area contributed by atoms with Gasteiger partial charge in [-0.05, 0) is 31.2 Å². The third-order valence-corrected chi connectivity index (χ3v) is 3.57. The van der Waals surface area contributed by atoms with Crippen LogP contribution in [0, 0.1) is 5.92 Å². The Balaban J connectivity index is 1.59. The minimum absolute atomic E-state index is 0.677. The number of nitrogens with zero attached hydrogens (tertiary/aromatic N) is 4. The fourth-order valence-corrected chi connectivity index (χ4v) is 2.20. The lowest BCUT2D eigenvalue weighted by atomic mass is 10.00. The predicted molar refractivity (Wildman–Crippen MR) is 64.1 cm³/mol. The first kappa shape index (κ1) is 11.0. The molecule has 2 aliphatic rings. The summed E-state index contributed by atoms with van der Waals surface area (Å²) in [7, 11) is 2.14. The lowest BCUT2D eigenvalue weighted by Gasteiger charge is -2.31. The molecule has 3 rings (SSSR count). The van der Waals surface area contributed by atoms with Crippen LogP contribution in [-0.2, 0) is 6.42 Å². The smallest absolute Gasteiger partial charge is 0.266 e. The molecular weight excluding hydrogens is 218 g/mol. The molecule has 2 aliphatic heterocycles. The molecule has 0 saturated carbocycles. The fraction of sp³-hybridized carbons (Fsp3) is 0.818. The van der Waals surface area contributed by atoms with Gasteiger partial charge in [0.05, 0.1) is 0 Å². The van der Waals surface area contributed by atoms with Gasteiger partial charge in [-0.1, -0.05) is 0 Å². The Hall–Kier alpha value is -1.14. The minimum atomic E-state index is 0.677. The first-order valence-electron chi connectivity index (χ1n) is 6.28. The van der Waals surface area contributed by atoms with Crippen LogP contribution in [0.3, 0.4) is 0 Å². The highest BCUT2D eigenvalue weighted by molar-refractivity contribution is 5.28. The van der Waals surface area contributed by atoms with Crippen molar-refractivity contribution in [1.82, 2.24) is 20.4 Å². The summed E-state index contributed by atoms with van der Waals surface area (Å²) in [4.78, 5) is 9.00. The summed E-state index contributed by atoms with van der Waals surface area (Å²) >= 11 is 0. The maximum absolute atomic E-state index is 5.31. The van der Waals surface area contributed by atoms with Crippen molar-refractivity contribution in [2.45, 2.75) is 6.42 Å². The van der Waals surface area contributed by atoms with E-state index in [1.54, 1.807) is 0 Å². The van der Waals surface area contributed by atoms with E-state index in [1.807, 2.05) is 0 Å². The molecule has 0 bridgehead atoms. The van der Waals surface area contributed by atoms with E-state index in [4.69, 9.17) is 4.52 Å². The lowest BCUT2D eigenvalue weighted by molar-refractivity contribution is 0.293. The van der Waals surface area contributed by atoms with Crippen LogP contribution < -0.4 is 10.2 Å². The molecular formula is C11H19N5O. The highest BCUT2D eigenvalue weighted by Gasteiger charge is 2.23. The monoisotopic (exact) mass is 237 g/mol. The first-order valence-corrected chi connectivity index (χ1v) is 6.28. The third kappa shape index (κ3) is 2.42. The van der Waals surface area contributed by atoms with Crippen molar-refractivity contribution in [2.75, 3.05) is 51.2 Å². The van der Waals surface area contributed by atoms with E-state index < -0.39 is 0 Å². The molecule has 1 aromatic heterocycles. The van der Waals surface area contributed by atoms with Gasteiger partial charge >= 0.3 is 0 Å². The van der Waals surface area contributed by atoms with E-state index in [9.17, 15) is 0 Å². The number of aromatic nitrogens is 2. The summed E-state index contributed by atoms with van der Waals surface area (Å²) in [5.74, 6) is 2.22. The summed E-state index contributed by atoms with van der Waals surface area (Å²) in [6.45, 7) is 6.26. The molecule has 1 N–H and O–H groups in total. The van der Waals surface area contributed by atoms with Crippen molar-refractivity contribution in [3.8, 4) is 0 Å². The summed E-state index contributed by atoms with van der Waals surface area (Å²) in [5, 5.41) is 7.33. The fourth-order valence-electron chi connectivity index (χ4n) is 2.20. The van der Waals surface area contributed by atoms with Crippen molar-refractivity contribution in [3.63, 3.8) is 0 Å². The van der Waals surface area contributed by atoms with E-state index in [0.29, 0.717) is 5.92 Å². The number of anilines is 1. The second kappa shape index (κ2) is 4.62. The maximum Gasteiger partial charge on any atom is 0.266 e. The van der Waals surface area contributed by atoms with Crippen LogP contribution in [0.5, 0.6) is 0 Å². The largest absolute Gasteiger partial charge is 0.337 e. The summed E-state index contributed by atoms with van der Waals surface area (Å²) in [6.07, 6.45) is 0.910. The van der Waals surface area contributed by atoms with Crippen LogP contribution in [0.4, 0.5) is 5.95 Å². The van der Waals surface area contributed by atoms with Crippen molar-refractivity contribution in [3.05, 3.63) is 5.89 Å². The van der Waals surface area contributed by atoms with E-state index in [1.165, 1.54) is 0 Å². The SMILES string of the molecule is CN1CCN(c2noc(CC3CNC3)n2)CC1. The van der Waals surface area contributed by atoms with Crippen molar-refractivity contribution >= 4 is 5.95 Å². The highest BCUT2D eigenvalue weighted by atomic mass is 16.5. The minimum Gasteiger partial charge on any atom is -0.337 e. The molecule has 0 aliphatic carbocycles. The number of piperazine rings is 1. The molecule has 17 heavy (non-hydrogen) atoms. The first-order chi connectivity index (χ1) is 8.31. The standard InChI is InChI=1S/C11H19N5O/c1-15-2-4-16(5-3-15)11-13-10(17-14-11)6-9-7-12-8-9/h9,12H,2-8H2,1H3. The van der Waals surface area contributed by atoms with Crippen molar-refractivity contribution < 1.29 is 4.52 Å². The third-order valence-electron chi connectivity index (χ3n) is 3.57. The second-order valence-electron chi connectivity index (χ2n) is 5.01. The van der Waals surface area contributed by atoms with Crippen LogP contribution in [0.25, 0.3) is 0 Å². The molecule has 94 valence electrons. The Morgan fingerprint density at radius 2 is 2.06 bits per heavy atom. The predicted octanol–water partition coefficient (Wildman–Crippen LogP) is -0.417. The molecule has 2 fully saturated rings. The van der Waals surface area contributed by atoms with Crippen molar-refractivity contribution in [2.24, 2.45) is 5.92 Å². The molecule has 0 atom stereocenters. The topological polar surface area (TPSA) is 57.4 Å². The normalized spacial score (nSPS) is 22.8. The number of likely N-dealkylation sites (N-methyl/N-ethyl adjacent to an activating group) is 1. The summed E-state index contributed by atoms with van der Waals surface area (Å²) < 4.78 is 5.31. The molecule has 3 heterocycles. The van der Waals surface area contributed by atoms with Crippen LogP contribution in [0.1, 0.15) is 5.89 Å². The molecule has 6 nitrogen and oxygen atoms in total. The average molecular weight is 237 g/mol. The quantitative estimate of drug-likeness (QED) is 0.771. The van der Waals surface area contributed by atoms with Gasteiger partial charge in [-0.15, -0.1) is 0 Å². The number of hydrogen-bond donors (Lipinski definition) is 1. The van der Waals surface area contributed by atoms with E-state index >= 15 is 0 Å². The van der Waals surface area contributed by atoms with Gasteiger partial charge in [0.1, 0.15) is 0 Å². The highest BCUT2D eigenvalue weighted by Crippen LogP contribution is 2.15. The van der Waals surface area contributed by atoms with Crippen LogP contribution in [0.15, 0.2) is 4.52 Å². The number of hydrogen-bond acceptors (Lipinski definition) is 6. The average Bonchev–Trinajstić information content (AvgIpc) is 2.73. The summed E-state index contributed by atoms with van der Waals surface area (Å²) in [6, 6.07) is 0. The summed E-state index contributed by atoms with van der Waals surface area (Å²) in [5.41, 5.74) is 0. The van der Waals surface area contributed by atoms with Gasteiger partial charge in [-0.25, -0.2) is 0 Å². The Morgan fingerprint density at radius 1 is 1.29 bits per heavy atom. The van der Waals surface area contributed by atoms with Gasteiger partial charge in [-0.3, -0.25) is 0 Å². The molecule has 2 saturated heterocycles. The van der Waals surface area contributed by atoms with Crippen molar-refractivity contribution in [1.29, 1.82) is 0 Å². The molecule has 0 aromatic carbocycles. The number of rotatable bonds is 3. The zero-order valence-corrected chi connectivity index (χ0v) is 10.2. The van der Waals surface area contributed by atoms with E-state index in [-0.39, 0.29) is 0 Å². The van der Waals surface area contributed by atoms with E-state index in [2.05, 4.69) is 32.3 Å². The Morgan fingerprint density at radius 3 is 2.71 bits per heavy atom. The Kier molecular flexibility index (Phi) is 2.98. The van der Waals surface area contributed by atoms with Crippen LogP contribution >= 0.6 is 0 Å². The molecule has 0 amide bonds. The van der Waals surface area contributed by atoms with Crippen LogP contribution in [-0.4, -0.2) is 61.4 Å². The van der Waals surface area contributed by atoms with Gasteiger partial charge < -0.3 is 19.6 Å². The molecule has 1 aromatic rings. The number of nitrogens with one attached hydrogen (secondary N) is 1. The molecule has 0 radical (unpaired) electrons.